The van der Waals surface area contributed by atoms with Crippen LogP contribution in [-0.4, -0.2) is 29.0 Å². The van der Waals surface area contributed by atoms with Crippen LogP contribution < -0.4 is 10.1 Å². The van der Waals surface area contributed by atoms with E-state index < -0.39 is 5.82 Å². The van der Waals surface area contributed by atoms with Crippen molar-refractivity contribution in [3.63, 3.8) is 0 Å². The molecular formula is C13H13BrFN3O2. The van der Waals surface area contributed by atoms with Crippen molar-refractivity contribution >= 4 is 21.8 Å². The lowest BCUT2D eigenvalue weighted by Gasteiger charge is -2.08. The van der Waals surface area contributed by atoms with Gasteiger partial charge in [0.05, 0.1) is 6.33 Å². The van der Waals surface area contributed by atoms with Gasteiger partial charge in [0.1, 0.15) is 0 Å². The van der Waals surface area contributed by atoms with Gasteiger partial charge in [-0.25, -0.2) is 9.37 Å². The summed E-state index contributed by atoms with van der Waals surface area (Å²) in [7, 11) is 0. The van der Waals surface area contributed by atoms with Crippen LogP contribution in [0.1, 0.15) is 5.69 Å². The van der Waals surface area contributed by atoms with Crippen LogP contribution in [0.15, 0.2) is 35.2 Å². The highest BCUT2D eigenvalue weighted by Gasteiger charge is 2.07. The van der Waals surface area contributed by atoms with Crippen molar-refractivity contribution in [2.45, 2.75) is 6.42 Å². The van der Waals surface area contributed by atoms with Crippen molar-refractivity contribution in [1.82, 2.24) is 15.3 Å². The number of ether oxygens (including phenoxy) is 1. The number of hydrogen-bond acceptors (Lipinski definition) is 3. The average Bonchev–Trinajstić information content (AvgIpc) is 2.91. The van der Waals surface area contributed by atoms with E-state index >= 15 is 0 Å². The Morgan fingerprint density at radius 2 is 2.35 bits per heavy atom. The van der Waals surface area contributed by atoms with E-state index in [0.29, 0.717) is 17.4 Å². The number of carbonyl (C=O) groups is 1. The summed E-state index contributed by atoms with van der Waals surface area (Å²) in [5.74, 6) is -0.756. The Hall–Kier alpha value is -1.89. The normalized spacial score (nSPS) is 10.3. The van der Waals surface area contributed by atoms with Gasteiger partial charge in [-0.05, 0) is 18.2 Å². The Morgan fingerprint density at radius 3 is 3.05 bits per heavy atom. The third kappa shape index (κ3) is 4.34. The van der Waals surface area contributed by atoms with Gasteiger partial charge in [-0.1, -0.05) is 15.9 Å². The van der Waals surface area contributed by atoms with Gasteiger partial charge in [0.2, 0.25) is 0 Å². The molecule has 0 saturated heterocycles. The first-order valence-corrected chi connectivity index (χ1v) is 6.76. The molecule has 0 spiro atoms. The molecule has 0 atom stereocenters. The average molecular weight is 342 g/mol. The highest BCUT2D eigenvalue weighted by atomic mass is 79.9. The summed E-state index contributed by atoms with van der Waals surface area (Å²) in [6.45, 7) is 0.245. The van der Waals surface area contributed by atoms with Gasteiger partial charge in [-0.15, -0.1) is 0 Å². The maximum Gasteiger partial charge on any atom is 0.257 e. The summed E-state index contributed by atoms with van der Waals surface area (Å²) >= 11 is 3.15. The number of aromatic nitrogens is 2. The molecule has 0 aliphatic rings. The summed E-state index contributed by atoms with van der Waals surface area (Å²) in [4.78, 5) is 18.3. The van der Waals surface area contributed by atoms with Crippen LogP contribution >= 0.6 is 15.9 Å². The van der Waals surface area contributed by atoms with Crippen molar-refractivity contribution in [3.05, 3.63) is 46.7 Å². The molecule has 1 amide bonds. The summed E-state index contributed by atoms with van der Waals surface area (Å²) in [6.07, 6.45) is 3.93. The monoisotopic (exact) mass is 341 g/mol. The van der Waals surface area contributed by atoms with Crippen molar-refractivity contribution < 1.29 is 13.9 Å². The molecule has 2 rings (SSSR count). The molecule has 1 heterocycles. The zero-order chi connectivity index (χ0) is 14.4. The number of benzene rings is 1. The number of aromatic amines is 1. The first kappa shape index (κ1) is 14.5. The van der Waals surface area contributed by atoms with Crippen LogP contribution in [0.2, 0.25) is 0 Å². The molecule has 0 radical (unpaired) electrons. The fraction of sp³-hybridized carbons (Fsp3) is 0.231. The SMILES string of the molecule is O=C(COc1ccc(Br)cc1F)NCCc1cnc[nH]1. The van der Waals surface area contributed by atoms with Gasteiger partial charge in [0.15, 0.2) is 18.2 Å². The van der Waals surface area contributed by atoms with Crippen molar-refractivity contribution in [1.29, 1.82) is 0 Å². The largest absolute Gasteiger partial charge is 0.481 e. The van der Waals surface area contributed by atoms with E-state index in [1.54, 1.807) is 18.6 Å². The van der Waals surface area contributed by atoms with Crippen molar-refractivity contribution in [2.24, 2.45) is 0 Å². The lowest BCUT2D eigenvalue weighted by Crippen LogP contribution is -2.30. The molecule has 2 N–H and O–H groups in total. The van der Waals surface area contributed by atoms with Crippen LogP contribution in [0.25, 0.3) is 0 Å². The lowest BCUT2D eigenvalue weighted by atomic mass is 10.3. The van der Waals surface area contributed by atoms with Crippen LogP contribution in [0.3, 0.4) is 0 Å². The summed E-state index contributed by atoms with van der Waals surface area (Å²) in [5, 5.41) is 2.68. The number of nitrogens with one attached hydrogen (secondary N) is 2. The van der Waals surface area contributed by atoms with Gasteiger partial charge in [-0.2, -0.15) is 0 Å². The predicted octanol–water partition coefficient (Wildman–Crippen LogP) is 2.05. The molecule has 0 bridgehead atoms. The van der Waals surface area contributed by atoms with E-state index in [1.807, 2.05) is 0 Å². The van der Waals surface area contributed by atoms with E-state index in [0.717, 1.165) is 5.69 Å². The van der Waals surface area contributed by atoms with E-state index in [4.69, 9.17) is 4.74 Å². The van der Waals surface area contributed by atoms with Gasteiger partial charge in [-0.3, -0.25) is 4.79 Å². The minimum Gasteiger partial charge on any atom is -0.481 e. The lowest BCUT2D eigenvalue weighted by molar-refractivity contribution is -0.123. The zero-order valence-electron chi connectivity index (χ0n) is 10.5. The number of imidazole rings is 1. The molecule has 1 aromatic carbocycles. The van der Waals surface area contributed by atoms with E-state index in [-0.39, 0.29) is 18.3 Å². The molecule has 0 saturated carbocycles. The smallest absolute Gasteiger partial charge is 0.257 e. The number of H-pyrrole nitrogens is 1. The van der Waals surface area contributed by atoms with E-state index in [9.17, 15) is 9.18 Å². The fourth-order valence-electron chi connectivity index (χ4n) is 1.54. The Bertz CT molecular complexity index is 575. The summed E-state index contributed by atoms with van der Waals surface area (Å²) in [5.41, 5.74) is 0.935. The third-order valence-electron chi connectivity index (χ3n) is 2.52. The quantitative estimate of drug-likeness (QED) is 0.844. The number of hydrogen-bond donors (Lipinski definition) is 2. The van der Waals surface area contributed by atoms with Crippen LogP contribution in [0.5, 0.6) is 5.75 Å². The molecule has 0 aliphatic heterocycles. The molecule has 0 unspecified atom stereocenters. The molecule has 1 aromatic heterocycles. The van der Waals surface area contributed by atoms with Crippen LogP contribution in [0.4, 0.5) is 4.39 Å². The second-order valence-electron chi connectivity index (χ2n) is 4.04. The van der Waals surface area contributed by atoms with Gasteiger partial charge in [0.25, 0.3) is 5.91 Å². The van der Waals surface area contributed by atoms with Gasteiger partial charge >= 0.3 is 0 Å². The second kappa shape index (κ2) is 7.04. The first-order chi connectivity index (χ1) is 9.65. The maximum absolute atomic E-state index is 13.4. The molecule has 0 aliphatic carbocycles. The van der Waals surface area contributed by atoms with Gasteiger partial charge < -0.3 is 15.0 Å². The number of rotatable bonds is 6. The van der Waals surface area contributed by atoms with E-state index in [2.05, 4.69) is 31.2 Å². The minimum absolute atomic E-state index is 0.0527. The molecular weight excluding hydrogens is 329 g/mol. The highest BCUT2D eigenvalue weighted by molar-refractivity contribution is 9.10. The standard InChI is InChI=1S/C13H13BrFN3O2/c14-9-1-2-12(11(15)5-9)20-7-13(19)17-4-3-10-6-16-8-18-10/h1-2,5-6,8H,3-4,7H2,(H,16,18)(H,17,19). The number of nitrogens with zero attached hydrogens (tertiary/aromatic N) is 1. The second-order valence-corrected chi connectivity index (χ2v) is 4.96. The zero-order valence-corrected chi connectivity index (χ0v) is 12.1. The summed E-state index contributed by atoms with van der Waals surface area (Å²) < 4.78 is 19.2. The van der Waals surface area contributed by atoms with Crippen molar-refractivity contribution in [2.75, 3.05) is 13.2 Å². The molecule has 7 heteroatoms. The number of amides is 1. The molecule has 2 aromatic rings. The molecule has 106 valence electrons. The fourth-order valence-corrected chi connectivity index (χ4v) is 1.88. The number of halogens is 2. The Kier molecular flexibility index (Phi) is 5.11. The third-order valence-corrected chi connectivity index (χ3v) is 3.02. The highest BCUT2D eigenvalue weighted by Crippen LogP contribution is 2.21. The van der Waals surface area contributed by atoms with E-state index in [1.165, 1.54) is 12.1 Å². The Balaban J connectivity index is 1.72. The number of carbonyl (C=O) groups excluding carboxylic acids is 1. The molecule has 20 heavy (non-hydrogen) atoms. The summed E-state index contributed by atoms with van der Waals surface area (Å²) in [6, 6.07) is 4.40. The van der Waals surface area contributed by atoms with Gasteiger partial charge in [0, 0.05) is 29.3 Å². The Labute approximate surface area is 123 Å². The molecule has 5 nitrogen and oxygen atoms in total. The van der Waals surface area contributed by atoms with Crippen LogP contribution in [-0.2, 0) is 11.2 Å². The maximum atomic E-state index is 13.4. The van der Waals surface area contributed by atoms with Crippen molar-refractivity contribution in [3.8, 4) is 5.75 Å². The Morgan fingerprint density at radius 1 is 1.50 bits per heavy atom. The topological polar surface area (TPSA) is 67.0 Å². The van der Waals surface area contributed by atoms with Crippen LogP contribution in [0, 0.1) is 5.82 Å². The first-order valence-electron chi connectivity index (χ1n) is 5.97. The predicted molar refractivity (Wildman–Crippen MR) is 74.9 cm³/mol. The molecule has 0 fully saturated rings. The minimum atomic E-state index is -0.510.